The van der Waals surface area contributed by atoms with Gasteiger partial charge in [-0.3, -0.25) is 14.4 Å². The standard InChI is InChI=1S/C57H92O6/c1-4-7-10-13-16-19-22-25-27-28-29-31-32-35-38-41-44-47-50-56(59)62-53-54(52-61-55(58)49-46-43-40-37-34-24-21-18-15-12-9-6-3)63-57(60)51-48-45-42-39-36-33-30-26-23-20-17-14-11-8-5-2/h8-9,11-12,14,16-23,25,27-29,31,54H,4-7,10,13,15,24,26,30,32-53H2,1-3H3/b11-8-,12-9-,17-14-,19-16-,21-18-,23-20-,25-22-,28-27-,31-29-. The van der Waals surface area contributed by atoms with E-state index in [4.69, 9.17) is 14.2 Å². The molecule has 0 aromatic carbocycles. The van der Waals surface area contributed by atoms with Gasteiger partial charge in [-0.15, -0.1) is 0 Å². The van der Waals surface area contributed by atoms with Gasteiger partial charge in [-0.05, 0) is 89.9 Å². The van der Waals surface area contributed by atoms with Crippen LogP contribution in [0.4, 0.5) is 0 Å². The van der Waals surface area contributed by atoms with Gasteiger partial charge in [-0.25, -0.2) is 0 Å². The molecule has 0 aliphatic carbocycles. The fourth-order valence-electron chi connectivity index (χ4n) is 6.61. The molecule has 0 heterocycles. The Bertz CT molecular complexity index is 1330. The highest BCUT2D eigenvalue weighted by Gasteiger charge is 2.19. The molecule has 0 fully saturated rings. The van der Waals surface area contributed by atoms with Crippen molar-refractivity contribution < 1.29 is 28.6 Å². The lowest BCUT2D eigenvalue weighted by atomic mass is 10.1. The van der Waals surface area contributed by atoms with Crippen LogP contribution >= 0.6 is 0 Å². The minimum atomic E-state index is -0.802. The normalized spacial score (nSPS) is 13.0. The molecule has 356 valence electrons. The van der Waals surface area contributed by atoms with Crippen LogP contribution in [-0.2, 0) is 28.6 Å². The molecule has 6 heteroatoms. The second-order valence-electron chi connectivity index (χ2n) is 16.5. The summed E-state index contributed by atoms with van der Waals surface area (Å²) in [6.07, 6.45) is 67.8. The van der Waals surface area contributed by atoms with Crippen molar-refractivity contribution in [3.63, 3.8) is 0 Å². The maximum absolute atomic E-state index is 12.8. The molecule has 0 saturated carbocycles. The molecular weight excluding hydrogens is 781 g/mol. The molecule has 0 aliphatic rings. The smallest absolute Gasteiger partial charge is 0.306 e. The summed E-state index contributed by atoms with van der Waals surface area (Å²) in [5, 5.41) is 0. The summed E-state index contributed by atoms with van der Waals surface area (Å²) in [4.78, 5) is 38.0. The second-order valence-corrected chi connectivity index (χ2v) is 16.5. The predicted molar refractivity (Wildman–Crippen MR) is 270 cm³/mol. The quantitative estimate of drug-likeness (QED) is 0.0199. The zero-order valence-electron chi connectivity index (χ0n) is 40.5. The molecule has 0 saturated heterocycles. The first-order valence-electron chi connectivity index (χ1n) is 25.5. The molecule has 1 unspecified atom stereocenters. The van der Waals surface area contributed by atoms with E-state index in [1.165, 1.54) is 38.5 Å². The van der Waals surface area contributed by atoms with E-state index >= 15 is 0 Å². The topological polar surface area (TPSA) is 78.9 Å². The number of hydrogen-bond donors (Lipinski definition) is 0. The maximum atomic E-state index is 12.8. The minimum absolute atomic E-state index is 0.101. The largest absolute Gasteiger partial charge is 0.462 e. The van der Waals surface area contributed by atoms with Crippen molar-refractivity contribution in [2.75, 3.05) is 13.2 Å². The second kappa shape index (κ2) is 50.7. The molecule has 0 aliphatic heterocycles. The van der Waals surface area contributed by atoms with Gasteiger partial charge in [0.1, 0.15) is 13.2 Å². The molecule has 0 rings (SSSR count). The molecule has 0 bridgehead atoms. The van der Waals surface area contributed by atoms with Crippen molar-refractivity contribution in [1.82, 2.24) is 0 Å². The van der Waals surface area contributed by atoms with Crippen molar-refractivity contribution >= 4 is 17.9 Å². The molecule has 6 nitrogen and oxygen atoms in total. The first-order chi connectivity index (χ1) is 31.0. The van der Waals surface area contributed by atoms with Gasteiger partial charge in [0.15, 0.2) is 6.10 Å². The average Bonchev–Trinajstić information content (AvgIpc) is 3.28. The summed E-state index contributed by atoms with van der Waals surface area (Å²) in [7, 11) is 0. The highest BCUT2D eigenvalue weighted by atomic mass is 16.6. The maximum Gasteiger partial charge on any atom is 0.306 e. The number of ether oxygens (including phenoxy) is 3. The molecule has 0 aromatic heterocycles. The molecular formula is C57H92O6. The van der Waals surface area contributed by atoms with Gasteiger partial charge >= 0.3 is 17.9 Å². The SMILES string of the molecule is CC\C=C/C=C\C=C/CCCCCCCCCC(=O)OC(COC(=O)CCCCCCC\C=C/C=C\C=C/C=C\CCCCC)COC(=O)CCCCCCC/C=C\C/C=C\CC. The molecule has 0 radical (unpaired) electrons. The van der Waals surface area contributed by atoms with Gasteiger partial charge in [0.05, 0.1) is 0 Å². The van der Waals surface area contributed by atoms with Crippen molar-refractivity contribution in [2.45, 2.75) is 219 Å². The van der Waals surface area contributed by atoms with Crippen LogP contribution in [0, 0.1) is 0 Å². The number of esters is 3. The predicted octanol–water partition coefficient (Wildman–Crippen LogP) is 16.8. The summed E-state index contributed by atoms with van der Waals surface area (Å²) in [5.74, 6) is -0.956. The third-order valence-corrected chi connectivity index (χ3v) is 10.4. The van der Waals surface area contributed by atoms with E-state index in [0.717, 1.165) is 135 Å². The van der Waals surface area contributed by atoms with Crippen LogP contribution in [0.1, 0.15) is 213 Å². The molecule has 1 atom stereocenters. The Morgan fingerprint density at radius 1 is 0.349 bits per heavy atom. The van der Waals surface area contributed by atoms with Crippen molar-refractivity contribution in [1.29, 1.82) is 0 Å². The molecule has 0 N–H and O–H groups in total. The highest BCUT2D eigenvalue weighted by Crippen LogP contribution is 2.13. The lowest BCUT2D eigenvalue weighted by molar-refractivity contribution is -0.167. The number of allylic oxidation sites excluding steroid dienone is 18. The van der Waals surface area contributed by atoms with E-state index in [-0.39, 0.29) is 31.1 Å². The third-order valence-electron chi connectivity index (χ3n) is 10.4. The Balaban J connectivity index is 4.48. The van der Waals surface area contributed by atoms with Crippen molar-refractivity contribution in [3.8, 4) is 0 Å². The molecule has 63 heavy (non-hydrogen) atoms. The summed E-state index contributed by atoms with van der Waals surface area (Å²) in [6, 6.07) is 0. The number of carbonyl (C=O) groups excluding carboxylic acids is 3. The van der Waals surface area contributed by atoms with Crippen molar-refractivity contribution in [3.05, 3.63) is 109 Å². The summed E-state index contributed by atoms with van der Waals surface area (Å²) in [5.41, 5.74) is 0. The zero-order valence-corrected chi connectivity index (χ0v) is 40.5. The van der Waals surface area contributed by atoms with Gasteiger partial charge in [0.2, 0.25) is 0 Å². The molecule has 0 amide bonds. The first-order valence-corrected chi connectivity index (χ1v) is 25.5. The van der Waals surface area contributed by atoms with Crippen LogP contribution in [0.3, 0.4) is 0 Å². The summed E-state index contributed by atoms with van der Waals surface area (Å²) >= 11 is 0. The average molecular weight is 873 g/mol. The Morgan fingerprint density at radius 2 is 0.698 bits per heavy atom. The van der Waals surface area contributed by atoms with Crippen molar-refractivity contribution in [2.24, 2.45) is 0 Å². The van der Waals surface area contributed by atoms with E-state index in [2.05, 4.69) is 130 Å². The Kier molecular flexibility index (Phi) is 47.5. The van der Waals surface area contributed by atoms with Gasteiger partial charge in [-0.1, -0.05) is 214 Å². The summed E-state index contributed by atoms with van der Waals surface area (Å²) < 4.78 is 16.7. The number of hydrogen-bond acceptors (Lipinski definition) is 6. The van der Waals surface area contributed by atoms with E-state index < -0.39 is 6.10 Å². The first kappa shape index (κ1) is 59.1. The fraction of sp³-hybridized carbons (Fsp3) is 0.632. The molecule has 0 aromatic rings. The molecule has 0 spiro atoms. The number of carbonyl (C=O) groups is 3. The van der Waals surface area contributed by atoms with Gasteiger partial charge in [0.25, 0.3) is 0 Å². The third kappa shape index (κ3) is 49.0. The number of rotatable bonds is 44. The van der Waals surface area contributed by atoms with E-state index in [1.54, 1.807) is 0 Å². The van der Waals surface area contributed by atoms with E-state index in [0.29, 0.717) is 19.3 Å². The Labute approximate surface area is 387 Å². The monoisotopic (exact) mass is 873 g/mol. The summed E-state index contributed by atoms with van der Waals surface area (Å²) in [6.45, 7) is 6.30. The van der Waals surface area contributed by atoms with Crippen LogP contribution in [-0.4, -0.2) is 37.2 Å². The highest BCUT2D eigenvalue weighted by molar-refractivity contribution is 5.71. The zero-order chi connectivity index (χ0) is 45.8. The Morgan fingerprint density at radius 3 is 1.14 bits per heavy atom. The number of unbranched alkanes of at least 4 members (excludes halogenated alkanes) is 20. The van der Waals surface area contributed by atoms with Gasteiger partial charge < -0.3 is 14.2 Å². The van der Waals surface area contributed by atoms with Crippen LogP contribution in [0.2, 0.25) is 0 Å². The van der Waals surface area contributed by atoms with E-state index in [1.807, 2.05) is 0 Å². The van der Waals surface area contributed by atoms with Crippen LogP contribution in [0.5, 0.6) is 0 Å². The lowest BCUT2D eigenvalue weighted by Gasteiger charge is -2.18. The lowest BCUT2D eigenvalue weighted by Crippen LogP contribution is -2.30. The van der Waals surface area contributed by atoms with Crippen LogP contribution in [0.25, 0.3) is 0 Å². The Hall–Kier alpha value is -3.93. The van der Waals surface area contributed by atoms with Gasteiger partial charge in [-0.2, -0.15) is 0 Å². The van der Waals surface area contributed by atoms with Gasteiger partial charge in [0, 0.05) is 19.3 Å². The minimum Gasteiger partial charge on any atom is -0.462 e. The van der Waals surface area contributed by atoms with E-state index in [9.17, 15) is 14.4 Å². The van der Waals surface area contributed by atoms with Crippen LogP contribution < -0.4 is 0 Å². The van der Waals surface area contributed by atoms with Crippen LogP contribution in [0.15, 0.2) is 109 Å². The fourth-order valence-corrected chi connectivity index (χ4v) is 6.61.